The van der Waals surface area contributed by atoms with Crippen LogP contribution in [-0.2, 0) is 16.1 Å². The summed E-state index contributed by atoms with van der Waals surface area (Å²) >= 11 is 0. The predicted octanol–water partition coefficient (Wildman–Crippen LogP) is 4.47. The van der Waals surface area contributed by atoms with Crippen LogP contribution in [0.25, 0.3) is 0 Å². The van der Waals surface area contributed by atoms with Crippen molar-refractivity contribution >= 4 is 17.7 Å². The van der Waals surface area contributed by atoms with Crippen LogP contribution in [0.15, 0.2) is 60.7 Å². The van der Waals surface area contributed by atoms with Crippen molar-refractivity contribution in [3.05, 3.63) is 71.8 Å². The number of carbonyl (C=O) groups excluding carboxylic acids is 3. The Hall–Kier alpha value is -4.93. The van der Waals surface area contributed by atoms with E-state index in [9.17, 15) is 14.4 Å². The number of carbonyl (C=O) groups is 3. The van der Waals surface area contributed by atoms with Crippen molar-refractivity contribution < 1.29 is 38.1 Å². The van der Waals surface area contributed by atoms with Crippen molar-refractivity contribution in [1.82, 2.24) is 15.5 Å². The summed E-state index contributed by atoms with van der Waals surface area (Å²) in [5.74, 6) is 2.56. The molecule has 3 amide bonds. The summed E-state index contributed by atoms with van der Waals surface area (Å²) in [6, 6.07) is 17.4. The third kappa shape index (κ3) is 6.68. The SMILES string of the molecule is COc1cc2ccc1Oc1ccc(cc1OC)C(=O)NCCOc1ccc(cc1)OC1(CCN(C(=O)C3CCC3)CC1)C(=O)NC2. The zero-order chi connectivity index (χ0) is 32.1. The molecule has 8 aliphatic rings. The lowest BCUT2D eigenvalue weighted by atomic mass is 9.83. The van der Waals surface area contributed by atoms with Gasteiger partial charge in [0.15, 0.2) is 28.6 Å². The Balaban J connectivity index is 1.27. The van der Waals surface area contributed by atoms with E-state index in [4.69, 9.17) is 23.7 Å². The Morgan fingerprint density at radius 1 is 0.870 bits per heavy atom. The van der Waals surface area contributed by atoms with Crippen molar-refractivity contribution in [3.63, 3.8) is 0 Å². The summed E-state index contributed by atoms with van der Waals surface area (Å²) in [5, 5.41) is 5.92. The molecule has 1 spiro atoms. The lowest BCUT2D eigenvalue weighted by molar-refractivity contribution is -0.149. The molecule has 1 saturated carbocycles. The summed E-state index contributed by atoms with van der Waals surface area (Å²) in [6.07, 6.45) is 3.70. The molecule has 242 valence electrons. The van der Waals surface area contributed by atoms with Crippen LogP contribution in [0.1, 0.15) is 48.0 Å². The van der Waals surface area contributed by atoms with Gasteiger partial charge in [-0.15, -0.1) is 0 Å². The molecule has 0 radical (unpaired) electrons. The molecule has 11 nitrogen and oxygen atoms in total. The molecule has 1 saturated heterocycles. The van der Waals surface area contributed by atoms with Crippen LogP contribution in [0.4, 0.5) is 0 Å². The number of rotatable bonds is 3. The fourth-order valence-corrected chi connectivity index (χ4v) is 5.90. The highest BCUT2D eigenvalue weighted by molar-refractivity contribution is 5.95. The van der Waals surface area contributed by atoms with Gasteiger partial charge in [-0.05, 0) is 73.0 Å². The molecule has 3 aromatic carbocycles. The lowest BCUT2D eigenvalue weighted by Gasteiger charge is -2.42. The zero-order valence-electron chi connectivity index (χ0n) is 26.1. The third-order valence-corrected chi connectivity index (χ3v) is 8.87. The van der Waals surface area contributed by atoms with Gasteiger partial charge in [0, 0.05) is 44.0 Å². The van der Waals surface area contributed by atoms with Crippen molar-refractivity contribution in [2.45, 2.75) is 44.2 Å². The number of nitrogens with zero attached hydrogens (tertiary/aromatic N) is 1. The van der Waals surface area contributed by atoms with Gasteiger partial charge in [0.25, 0.3) is 11.8 Å². The molecule has 7 heterocycles. The minimum Gasteiger partial charge on any atom is -0.493 e. The maximum Gasteiger partial charge on any atom is 0.264 e. The van der Waals surface area contributed by atoms with E-state index in [1.54, 1.807) is 61.7 Å². The highest BCUT2D eigenvalue weighted by Gasteiger charge is 2.45. The highest BCUT2D eigenvalue weighted by atomic mass is 16.5. The average molecular weight is 630 g/mol. The van der Waals surface area contributed by atoms with Crippen molar-refractivity contribution in [2.24, 2.45) is 5.92 Å². The van der Waals surface area contributed by atoms with E-state index in [1.165, 1.54) is 7.11 Å². The van der Waals surface area contributed by atoms with Gasteiger partial charge in [0.05, 0.1) is 20.8 Å². The fraction of sp³-hybridized carbons (Fsp3) is 0.400. The van der Waals surface area contributed by atoms with Crippen LogP contribution in [-0.4, -0.2) is 68.7 Å². The first kappa shape index (κ1) is 31.1. The second kappa shape index (κ2) is 13.6. The molecular weight excluding hydrogens is 590 g/mol. The maximum atomic E-state index is 13.9. The van der Waals surface area contributed by atoms with Crippen molar-refractivity contribution in [1.29, 1.82) is 0 Å². The predicted molar refractivity (Wildman–Crippen MR) is 169 cm³/mol. The van der Waals surface area contributed by atoms with Gasteiger partial charge >= 0.3 is 0 Å². The van der Waals surface area contributed by atoms with Gasteiger partial charge in [-0.1, -0.05) is 12.5 Å². The third-order valence-electron chi connectivity index (χ3n) is 8.87. The summed E-state index contributed by atoms with van der Waals surface area (Å²) in [7, 11) is 3.05. The van der Waals surface area contributed by atoms with E-state index in [0.29, 0.717) is 66.0 Å². The molecule has 11 heteroatoms. The van der Waals surface area contributed by atoms with Crippen LogP contribution >= 0.6 is 0 Å². The summed E-state index contributed by atoms with van der Waals surface area (Å²) in [5.41, 5.74) is 0.0482. The van der Waals surface area contributed by atoms with Crippen LogP contribution in [0.5, 0.6) is 34.5 Å². The number of amides is 3. The molecule has 0 unspecified atom stereocenters. The molecule has 7 aliphatic heterocycles. The van der Waals surface area contributed by atoms with Crippen LogP contribution in [0.3, 0.4) is 0 Å². The Labute approximate surface area is 268 Å². The molecular formula is C35H39N3O8. The number of benzene rings is 3. The first-order valence-electron chi connectivity index (χ1n) is 15.7. The number of likely N-dealkylation sites (tertiary alicyclic amines) is 1. The maximum absolute atomic E-state index is 13.9. The first-order chi connectivity index (χ1) is 22.4. The topological polar surface area (TPSA) is 125 Å². The van der Waals surface area contributed by atoms with Gasteiger partial charge < -0.3 is 39.2 Å². The number of nitrogens with one attached hydrogen (secondary N) is 2. The van der Waals surface area contributed by atoms with E-state index in [0.717, 1.165) is 24.8 Å². The summed E-state index contributed by atoms with van der Waals surface area (Å²) in [4.78, 5) is 41.6. The number of methoxy groups -OCH3 is 2. The van der Waals surface area contributed by atoms with E-state index >= 15 is 0 Å². The number of hydrogen-bond donors (Lipinski definition) is 2. The zero-order valence-corrected chi connectivity index (χ0v) is 26.1. The van der Waals surface area contributed by atoms with Crippen LogP contribution < -0.4 is 34.3 Å². The van der Waals surface area contributed by atoms with Gasteiger partial charge in [0.1, 0.15) is 18.1 Å². The van der Waals surface area contributed by atoms with Crippen molar-refractivity contribution in [3.8, 4) is 34.5 Å². The van der Waals surface area contributed by atoms with Gasteiger partial charge in [0.2, 0.25) is 5.91 Å². The number of ether oxygens (including phenoxy) is 5. The van der Waals surface area contributed by atoms with Gasteiger partial charge in [-0.2, -0.15) is 0 Å². The lowest BCUT2D eigenvalue weighted by Crippen LogP contribution is -2.58. The normalized spacial score (nSPS) is 18.4. The van der Waals surface area contributed by atoms with E-state index in [-0.39, 0.29) is 43.3 Å². The number of hydrogen-bond acceptors (Lipinski definition) is 8. The van der Waals surface area contributed by atoms with E-state index < -0.39 is 5.60 Å². The minimum atomic E-state index is -1.16. The molecule has 3 aromatic rings. The molecule has 46 heavy (non-hydrogen) atoms. The smallest absolute Gasteiger partial charge is 0.264 e. The molecule has 2 N–H and O–H groups in total. The Morgan fingerprint density at radius 2 is 1.54 bits per heavy atom. The van der Waals surface area contributed by atoms with Gasteiger partial charge in [-0.3, -0.25) is 14.4 Å². The highest BCUT2D eigenvalue weighted by Crippen LogP contribution is 2.38. The minimum absolute atomic E-state index is 0.101. The molecule has 6 bridgehead atoms. The summed E-state index contributed by atoms with van der Waals surface area (Å²) < 4.78 is 29.6. The quantitative estimate of drug-likeness (QED) is 0.435. The summed E-state index contributed by atoms with van der Waals surface area (Å²) in [6.45, 7) is 1.64. The average Bonchev–Trinajstić information content (AvgIpc) is 3.05. The monoisotopic (exact) mass is 629 g/mol. The second-order valence-corrected chi connectivity index (χ2v) is 11.8. The Bertz CT molecular complexity index is 1580. The fourth-order valence-electron chi connectivity index (χ4n) is 5.90. The Morgan fingerprint density at radius 3 is 2.22 bits per heavy atom. The molecule has 0 aromatic heterocycles. The molecule has 2 fully saturated rings. The molecule has 1 aliphatic carbocycles. The van der Waals surface area contributed by atoms with Gasteiger partial charge in [-0.25, -0.2) is 0 Å². The Kier molecular flexibility index (Phi) is 9.18. The molecule has 0 atom stereocenters. The van der Waals surface area contributed by atoms with Crippen molar-refractivity contribution in [2.75, 3.05) is 40.5 Å². The van der Waals surface area contributed by atoms with E-state index in [1.807, 2.05) is 11.0 Å². The standard InChI is InChI=1S/C35H39N3O8/c1-42-30-20-23-6-12-28(30)45-29-13-7-25(21-31(29)43-2)32(39)36-16-19-44-26-8-10-27(11-9-26)46-35(34(41)37-22-23)14-17-38(18-15-35)33(40)24-4-3-5-24/h6-13,20-21,24H,3-5,14-19,22H2,1-2H3,(H,36,39)(H,37,41). The molecule has 11 rings (SSSR count). The second-order valence-electron chi connectivity index (χ2n) is 11.8. The van der Waals surface area contributed by atoms with Crippen LogP contribution in [0.2, 0.25) is 0 Å². The largest absolute Gasteiger partial charge is 0.493 e. The van der Waals surface area contributed by atoms with E-state index in [2.05, 4.69) is 10.6 Å². The number of piperidine rings is 1. The van der Waals surface area contributed by atoms with Crippen LogP contribution in [0, 0.1) is 5.92 Å². The first-order valence-corrected chi connectivity index (χ1v) is 15.7.